The van der Waals surface area contributed by atoms with E-state index in [1.165, 1.54) is 0 Å². The minimum atomic E-state index is -0.247. The zero-order valence-electron chi connectivity index (χ0n) is 13.4. The van der Waals surface area contributed by atoms with Crippen molar-refractivity contribution in [3.05, 3.63) is 35.9 Å². The van der Waals surface area contributed by atoms with E-state index in [0.717, 1.165) is 12.0 Å². The molecule has 1 atom stereocenters. The lowest BCUT2D eigenvalue weighted by atomic mass is 9.94. The van der Waals surface area contributed by atoms with Crippen molar-refractivity contribution >= 4 is 5.91 Å². The smallest absolute Gasteiger partial charge is 0.234 e. The summed E-state index contributed by atoms with van der Waals surface area (Å²) in [5, 5.41) is 6.26. The van der Waals surface area contributed by atoms with Crippen LogP contribution < -0.4 is 10.6 Å². The van der Waals surface area contributed by atoms with Gasteiger partial charge in [-0.1, -0.05) is 30.3 Å². The predicted octanol–water partition coefficient (Wildman–Crippen LogP) is 2.24. The Morgan fingerprint density at radius 2 is 1.90 bits per heavy atom. The van der Waals surface area contributed by atoms with Gasteiger partial charge in [0.05, 0.1) is 17.7 Å². The van der Waals surface area contributed by atoms with Gasteiger partial charge in [-0.2, -0.15) is 0 Å². The summed E-state index contributed by atoms with van der Waals surface area (Å²) in [6.07, 6.45) is 0.909. The third-order valence-electron chi connectivity index (χ3n) is 3.92. The van der Waals surface area contributed by atoms with Crippen molar-refractivity contribution < 1.29 is 9.53 Å². The first kappa shape index (κ1) is 16.0. The predicted molar refractivity (Wildman–Crippen MR) is 83.9 cm³/mol. The molecule has 1 aromatic carbocycles. The van der Waals surface area contributed by atoms with Crippen molar-refractivity contribution in [3.63, 3.8) is 0 Å². The second-order valence-electron chi connectivity index (χ2n) is 6.87. The molecule has 4 heteroatoms. The second-order valence-corrected chi connectivity index (χ2v) is 6.87. The van der Waals surface area contributed by atoms with Crippen LogP contribution in [0.4, 0.5) is 0 Å². The molecule has 0 radical (unpaired) electrons. The Kier molecular flexibility index (Phi) is 4.69. The van der Waals surface area contributed by atoms with Crippen LogP contribution in [0.1, 0.15) is 39.7 Å². The summed E-state index contributed by atoms with van der Waals surface area (Å²) in [7, 11) is 0. The molecule has 1 aliphatic rings. The Labute approximate surface area is 127 Å². The average Bonchev–Trinajstić information content (AvgIpc) is 2.62. The molecular formula is C17H26N2O2. The van der Waals surface area contributed by atoms with E-state index < -0.39 is 0 Å². The number of benzene rings is 1. The highest BCUT2D eigenvalue weighted by Gasteiger charge is 2.45. The minimum absolute atomic E-state index is 0.0133. The molecule has 1 fully saturated rings. The number of nitrogens with one attached hydrogen (secondary N) is 2. The van der Waals surface area contributed by atoms with Gasteiger partial charge in [0.1, 0.15) is 0 Å². The Balaban J connectivity index is 1.77. The van der Waals surface area contributed by atoms with Gasteiger partial charge >= 0.3 is 0 Å². The van der Waals surface area contributed by atoms with Crippen LogP contribution in [0.5, 0.6) is 0 Å². The Morgan fingerprint density at radius 3 is 2.48 bits per heavy atom. The molecule has 1 amide bonds. The van der Waals surface area contributed by atoms with Gasteiger partial charge in [-0.3, -0.25) is 4.79 Å². The van der Waals surface area contributed by atoms with E-state index in [4.69, 9.17) is 4.74 Å². The molecule has 2 rings (SSSR count). The number of hydrogen-bond donors (Lipinski definition) is 2. The number of hydrogen-bond acceptors (Lipinski definition) is 3. The van der Waals surface area contributed by atoms with Crippen molar-refractivity contribution in [1.82, 2.24) is 10.6 Å². The number of amides is 1. The second kappa shape index (κ2) is 6.16. The molecule has 1 heterocycles. The SMILES string of the molecule is CC1(C)CC(NCC(=O)NCc2ccccc2)C(C)(C)O1. The molecule has 4 nitrogen and oxygen atoms in total. The third-order valence-corrected chi connectivity index (χ3v) is 3.92. The van der Waals surface area contributed by atoms with Crippen molar-refractivity contribution in [2.45, 2.75) is 57.9 Å². The summed E-state index contributed by atoms with van der Waals surface area (Å²) >= 11 is 0. The van der Waals surface area contributed by atoms with Gasteiger partial charge in [-0.15, -0.1) is 0 Å². The highest BCUT2D eigenvalue weighted by Crippen LogP contribution is 2.36. The molecule has 0 bridgehead atoms. The van der Waals surface area contributed by atoms with E-state index in [9.17, 15) is 4.79 Å². The van der Waals surface area contributed by atoms with Gasteiger partial charge in [0.25, 0.3) is 0 Å². The van der Waals surface area contributed by atoms with Crippen LogP contribution in [0.15, 0.2) is 30.3 Å². The maximum Gasteiger partial charge on any atom is 0.234 e. The summed E-state index contributed by atoms with van der Waals surface area (Å²) in [4.78, 5) is 11.9. The van der Waals surface area contributed by atoms with Crippen molar-refractivity contribution in [2.75, 3.05) is 6.54 Å². The fourth-order valence-corrected chi connectivity index (χ4v) is 2.96. The van der Waals surface area contributed by atoms with E-state index in [2.05, 4.69) is 38.3 Å². The average molecular weight is 290 g/mol. The van der Waals surface area contributed by atoms with E-state index in [-0.39, 0.29) is 23.2 Å². The van der Waals surface area contributed by atoms with Crippen LogP contribution in [0.3, 0.4) is 0 Å². The van der Waals surface area contributed by atoms with Gasteiger partial charge in [0.2, 0.25) is 5.91 Å². The van der Waals surface area contributed by atoms with Crippen LogP contribution in [-0.4, -0.2) is 29.7 Å². The third kappa shape index (κ3) is 4.55. The molecule has 1 aromatic rings. The summed E-state index contributed by atoms with van der Waals surface area (Å²) in [5.74, 6) is 0.0133. The van der Waals surface area contributed by atoms with E-state index in [1.54, 1.807) is 0 Å². The zero-order valence-corrected chi connectivity index (χ0v) is 13.4. The van der Waals surface area contributed by atoms with E-state index in [0.29, 0.717) is 13.1 Å². The van der Waals surface area contributed by atoms with Crippen molar-refractivity contribution in [1.29, 1.82) is 0 Å². The van der Waals surface area contributed by atoms with Gasteiger partial charge < -0.3 is 15.4 Å². The Morgan fingerprint density at radius 1 is 1.24 bits per heavy atom. The minimum Gasteiger partial charge on any atom is -0.368 e. The molecule has 0 spiro atoms. The van der Waals surface area contributed by atoms with Gasteiger partial charge in [0.15, 0.2) is 0 Å². The van der Waals surface area contributed by atoms with E-state index >= 15 is 0 Å². The largest absolute Gasteiger partial charge is 0.368 e. The maximum atomic E-state index is 11.9. The maximum absolute atomic E-state index is 11.9. The summed E-state index contributed by atoms with van der Waals surface area (Å²) in [6, 6.07) is 10.1. The Hall–Kier alpha value is -1.39. The van der Waals surface area contributed by atoms with E-state index in [1.807, 2.05) is 30.3 Å². The number of carbonyl (C=O) groups is 1. The first-order chi connectivity index (χ1) is 9.78. The van der Waals surface area contributed by atoms with Crippen molar-refractivity contribution in [2.24, 2.45) is 0 Å². The Bertz CT molecular complexity index is 483. The molecule has 1 aliphatic heterocycles. The fourth-order valence-electron chi connectivity index (χ4n) is 2.96. The normalized spacial score (nSPS) is 23.0. The quantitative estimate of drug-likeness (QED) is 0.874. The lowest BCUT2D eigenvalue weighted by molar-refractivity contribution is -0.120. The van der Waals surface area contributed by atoms with Crippen LogP contribution in [0.25, 0.3) is 0 Å². The fraction of sp³-hybridized carbons (Fsp3) is 0.588. The lowest BCUT2D eigenvalue weighted by Gasteiger charge is -2.27. The summed E-state index contributed by atoms with van der Waals surface area (Å²) in [6.45, 7) is 9.21. The number of rotatable bonds is 5. The first-order valence-corrected chi connectivity index (χ1v) is 7.53. The number of ether oxygens (including phenoxy) is 1. The van der Waals surface area contributed by atoms with Gasteiger partial charge in [-0.05, 0) is 39.7 Å². The molecule has 1 saturated heterocycles. The highest BCUT2D eigenvalue weighted by atomic mass is 16.5. The molecule has 0 aromatic heterocycles. The monoisotopic (exact) mass is 290 g/mol. The molecule has 2 N–H and O–H groups in total. The van der Waals surface area contributed by atoms with Crippen LogP contribution >= 0.6 is 0 Å². The molecule has 0 saturated carbocycles. The van der Waals surface area contributed by atoms with Crippen molar-refractivity contribution in [3.8, 4) is 0 Å². The van der Waals surface area contributed by atoms with Gasteiger partial charge in [-0.25, -0.2) is 0 Å². The topological polar surface area (TPSA) is 50.4 Å². The molecular weight excluding hydrogens is 264 g/mol. The molecule has 21 heavy (non-hydrogen) atoms. The highest BCUT2D eigenvalue weighted by molar-refractivity contribution is 5.78. The first-order valence-electron chi connectivity index (χ1n) is 7.53. The molecule has 1 unspecified atom stereocenters. The summed E-state index contributed by atoms with van der Waals surface area (Å²) < 4.78 is 6.02. The zero-order chi connectivity index (χ0) is 15.5. The lowest BCUT2D eigenvalue weighted by Crippen LogP contribution is -2.47. The standard InChI is InChI=1S/C17H26N2O2/c1-16(2)10-14(17(3,4)21-16)18-12-15(20)19-11-13-8-6-5-7-9-13/h5-9,14,18H,10-12H2,1-4H3,(H,19,20). The molecule has 116 valence electrons. The van der Waals surface area contributed by atoms with Gasteiger partial charge in [0, 0.05) is 12.6 Å². The molecule has 0 aliphatic carbocycles. The summed E-state index contributed by atoms with van der Waals surface area (Å²) in [5.41, 5.74) is 0.724. The number of carbonyl (C=O) groups excluding carboxylic acids is 1. The van der Waals surface area contributed by atoms with Crippen LogP contribution in [0, 0.1) is 0 Å². The van der Waals surface area contributed by atoms with Crippen LogP contribution in [0.2, 0.25) is 0 Å². The van der Waals surface area contributed by atoms with Crippen LogP contribution in [-0.2, 0) is 16.1 Å².